The van der Waals surface area contributed by atoms with Gasteiger partial charge in [-0.15, -0.1) is 0 Å². The quantitative estimate of drug-likeness (QED) is 0.777. The highest BCUT2D eigenvalue weighted by atomic mass is 16.4. The second-order valence-electron chi connectivity index (χ2n) is 5.27. The Balaban J connectivity index is 2.28. The van der Waals surface area contributed by atoms with Gasteiger partial charge in [-0.1, -0.05) is 6.07 Å². The van der Waals surface area contributed by atoms with Gasteiger partial charge in [0, 0.05) is 6.04 Å². The Morgan fingerprint density at radius 2 is 2.21 bits per heavy atom. The highest BCUT2D eigenvalue weighted by Crippen LogP contribution is 2.29. The molecule has 1 heterocycles. The standard InChI is InChI=1S/C13H16N2O4/c1-13(2,11(16)17)6-8(14)7-3-4-9-10(5-7)19-12(18)15-9/h3-5,8H,6,14H2,1-2H3,(H,15,18)(H,16,17). The summed E-state index contributed by atoms with van der Waals surface area (Å²) in [6, 6.07) is 4.69. The number of aromatic nitrogens is 1. The van der Waals surface area contributed by atoms with Gasteiger partial charge < -0.3 is 15.3 Å². The van der Waals surface area contributed by atoms with Crippen molar-refractivity contribution in [2.24, 2.45) is 11.1 Å². The molecule has 0 saturated carbocycles. The maximum absolute atomic E-state index is 11.1. The summed E-state index contributed by atoms with van der Waals surface area (Å²) in [7, 11) is 0. The highest BCUT2D eigenvalue weighted by molar-refractivity contribution is 5.74. The predicted molar refractivity (Wildman–Crippen MR) is 69.8 cm³/mol. The van der Waals surface area contributed by atoms with Crippen molar-refractivity contribution in [3.05, 3.63) is 34.3 Å². The third-order valence-electron chi connectivity index (χ3n) is 3.18. The number of nitrogens with two attached hydrogens (primary N) is 1. The van der Waals surface area contributed by atoms with Crippen LogP contribution in [0.3, 0.4) is 0 Å². The summed E-state index contributed by atoms with van der Waals surface area (Å²) < 4.78 is 4.95. The molecule has 1 aromatic heterocycles. The summed E-state index contributed by atoms with van der Waals surface area (Å²) in [4.78, 5) is 24.7. The first-order chi connectivity index (χ1) is 8.79. The van der Waals surface area contributed by atoms with E-state index in [9.17, 15) is 9.59 Å². The number of aromatic amines is 1. The van der Waals surface area contributed by atoms with Crippen LogP contribution in [-0.4, -0.2) is 16.1 Å². The molecule has 2 aromatic rings. The van der Waals surface area contributed by atoms with Gasteiger partial charge >= 0.3 is 11.7 Å². The van der Waals surface area contributed by atoms with Crippen molar-refractivity contribution in [1.29, 1.82) is 0 Å². The molecule has 0 aliphatic heterocycles. The smallest absolute Gasteiger partial charge is 0.417 e. The zero-order chi connectivity index (χ0) is 14.2. The van der Waals surface area contributed by atoms with Gasteiger partial charge in [-0.25, -0.2) is 4.79 Å². The SMILES string of the molecule is CC(C)(CC(N)c1ccc2[nH]c(=O)oc2c1)C(=O)O. The Bertz CT molecular complexity index is 669. The molecule has 0 saturated heterocycles. The molecule has 0 amide bonds. The van der Waals surface area contributed by atoms with Gasteiger partial charge in [0.2, 0.25) is 0 Å². The predicted octanol–water partition coefficient (Wildman–Crippen LogP) is 1.62. The lowest BCUT2D eigenvalue weighted by Gasteiger charge is -2.23. The molecule has 1 atom stereocenters. The number of carboxylic acid groups (broad SMARTS) is 1. The molecular weight excluding hydrogens is 248 g/mol. The fourth-order valence-electron chi connectivity index (χ4n) is 1.95. The van der Waals surface area contributed by atoms with E-state index in [0.29, 0.717) is 17.5 Å². The molecular formula is C13H16N2O4. The van der Waals surface area contributed by atoms with Gasteiger partial charge in [0.05, 0.1) is 10.9 Å². The normalized spacial score (nSPS) is 13.6. The van der Waals surface area contributed by atoms with Gasteiger partial charge in [0.25, 0.3) is 0 Å². The number of hydrogen-bond donors (Lipinski definition) is 3. The first-order valence-corrected chi connectivity index (χ1v) is 5.91. The van der Waals surface area contributed by atoms with Crippen LogP contribution in [0.2, 0.25) is 0 Å². The van der Waals surface area contributed by atoms with Crippen molar-refractivity contribution in [2.75, 3.05) is 0 Å². The van der Waals surface area contributed by atoms with Gasteiger partial charge in [-0.05, 0) is 38.0 Å². The third-order valence-corrected chi connectivity index (χ3v) is 3.18. The second kappa shape index (κ2) is 4.55. The Morgan fingerprint density at radius 1 is 1.53 bits per heavy atom. The van der Waals surface area contributed by atoms with Crippen LogP contribution in [0.4, 0.5) is 0 Å². The Labute approximate surface area is 109 Å². The molecule has 2 rings (SSSR count). The molecule has 1 aromatic carbocycles. The summed E-state index contributed by atoms with van der Waals surface area (Å²) in [6.45, 7) is 3.26. The van der Waals surface area contributed by atoms with Crippen molar-refractivity contribution >= 4 is 17.1 Å². The minimum absolute atomic E-state index is 0.294. The van der Waals surface area contributed by atoms with Crippen LogP contribution >= 0.6 is 0 Å². The molecule has 0 fully saturated rings. The lowest BCUT2D eigenvalue weighted by molar-refractivity contribution is -0.147. The van der Waals surface area contributed by atoms with Gasteiger partial charge in [-0.2, -0.15) is 0 Å². The molecule has 6 heteroatoms. The molecule has 0 bridgehead atoms. The monoisotopic (exact) mass is 264 g/mol. The van der Waals surface area contributed by atoms with E-state index in [-0.39, 0.29) is 0 Å². The van der Waals surface area contributed by atoms with Gasteiger partial charge in [-0.3, -0.25) is 9.78 Å². The number of oxazole rings is 1. The Kier molecular flexibility index (Phi) is 3.20. The van der Waals surface area contributed by atoms with E-state index in [0.717, 1.165) is 5.56 Å². The van der Waals surface area contributed by atoms with E-state index in [2.05, 4.69) is 4.98 Å². The average molecular weight is 264 g/mol. The third kappa shape index (κ3) is 2.68. The van der Waals surface area contributed by atoms with Crippen LogP contribution in [0.5, 0.6) is 0 Å². The van der Waals surface area contributed by atoms with Crippen molar-refractivity contribution < 1.29 is 14.3 Å². The minimum atomic E-state index is -0.909. The first kappa shape index (κ1) is 13.4. The zero-order valence-corrected chi connectivity index (χ0v) is 10.8. The van der Waals surface area contributed by atoms with Crippen LogP contribution in [0.15, 0.2) is 27.4 Å². The number of benzene rings is 1. The van der Waals surface area contributed by atoms with Crippen molar-refractivity contribution in [2.45, 2.75) is 26.3 Å². The van der Waals surface area contributed by atoms with Crippen molar-refractivity contribution in [3.8, 4) is 0 Å². The molecule has 0 radical (unpaired) electrons. The number of nitrogens with one attached hydrogen (secondary N) is 1. The number of rotatable bonds is 4. The number of aliphatic carboxylic acids is 1. The fraction of sp³-hybridized carbons (Fsp3) is 0.385. The Morgan fingerprint density at radius 3 is 2.84 bits per heavy atom. The van der Waals surface area contributed by atoms with Crippen LogP contribution in [0.1, 0.15) is 31.9 Å². The van der Waals surface area contributed by atoms with Crippen molar-refractivity contribution in [3.63, 3.8) is 0 Å². The van der Waals surface area contributed by atoms with Crippen LogP contribution in [-0.2, 0) is 4.79 Å². The van der Waals surface area contributed by atoms with E-state index in [4.69, 9.17) is 15.3 Å². The minimum Gasteiger partial charge on any atom is -0.481 e. The number of hydrogen-bond acceptors (Lipinski definition) is 4. The number of carboxylic acids is 1. The maximum atomic E-state index is 11.1. The maximum Gasteiger partial charge on any atom is 0.417 e. The van der Waals surface area contributed by atoms with Crippen LogP contribution in [0, 0.1) is 5.41 Å². The summed E-state index contributed by atoms with van der Waals surface area (Å²) in [5.41, 5.74) is 6.87. The van der Waals surface area contributed by atoms with E-state index < -0.39 is 23.2 Å². The molecule has 1 unspecified atom stereocenters. The van der Waals surface area contributed by atoms with Gasteiger partial charge in [0.15, 0.2) is 5.58 Å². The first-order valence-electron chi connectivity index (χ1n) is 5.91. The number of fused-ring (bicyclic) bond motifs is 1. The summed E-state index contributed by atoms with van der Waals surface area (Å²) in [5.74, 6) is -1.41. The molecule has 6 nitrogen and oxygen atoms in total. The van der Waals surface area contributed by atoms with E-state index in [1.807, 2.05) is 0 Å². The largest absolute Gasteiger partial charge is 0.481 e. The summed E-state index contributed by atoms with van der Waals surface area (Å²) in [5, 5.41) is 9.09. The fourth-order valence-corrected chi connectivity index (χ4v) is 1.95. The van der Waals surface area contributed by atoms with Crippen LogP contribution < -0.4 is 11.5 Å². The lowest BCUT2D eigenvalue weighted by atomic mass is 9.84. The van der Waals surface area contributed by atoms with E-state index in [1.165, 1.54) is 0 Å². The van der Waals surface area contributed by atoms with Gasteiger partial charge in [0.1, 0.15) is 0 Å². The number of carbonyl (C=O) groups is 1. The summed E-state index contributed by atoms with van der Waals surface area (Å²) >= 11 is 0. The average Bonchev–Trinajstić information content (AvgIpc) is 2.66. The van der Waals surface area contributed by atoms with Crippen LogP contribution in [0.25, 0.3) is 11.1 Å². The summed E-state index contributed by atoms with van der Waals surface area (Å²) in [6.07, 6.45) is 0.294. The van der Waals surface area contributed by atoms with Crippen molar-refractivity contribution in [1.82, 2.24) is 4.98 Å². The lowest BCUT2D eigenvalue weighted by Crippen LogP contribution is -2.28. The van der Waals surface area contributed by atoms with E-state index >= 15 is 0 Å². The second-order valence-corrected chi connectivity index (χ2v) is 5.27. The molecule has 19 heavy (non-hydrogen) atoms. The zero-order valence-electron chi connectivity index (χ0n) is 10.8. The molecule has 0 aliphatic carbocycles. The topological polar surface area (TPSA) is 109 Å². The number of H-pyrrole nitrogens is 1. The molecule has 0 aliphatic rings. The highest BCUT2D eigenvalue weighted by Gasteiger charge is 2.30. The molecule has 102 valence electrons. The molecule has 4 N–H and O–H groups in total. The van der Waals surface area contributed by atoms with E-state index in [1.54, 1.807) is 32.0 Å². The molecule has 0 spiro atoms. The Hall–Kier alpha value is -2.08.